The van der Waals surface area contributed by atoms with Crippen molar-refractivity contribution in [2.45, 2.75) is 13.8 Å². The number of benzene rings is 2. The van der Waals surface area contributed by atoms with E-state index >= 15 is 0 Å². The minimum absolute atomic E-state index is 0.176. The smallest absolute Gasteiger partial charge is 0.262 e. The normalized spacial score (nSPS) is 10.4. The van der Waals surface area contributed by atoms with E-state index in [2.05, 4.69) is 5.32 Å². The van der Waals surface area contributed by atoms with Gasteiger partial charge < -0.3 is 10.1 Å². The molecule has 0 spiro atoms. The Morgan fingerprint density at radius 1 is 1.05 bits per heavy atom. The van der Waals surface area contributed by atoms with E-state index in [1.807, 2.05) is 32.0 Å². The number of carbonyl (C=O) groups is 1. The van der Waals surface area contributed by atoms with Gasteiger partial charge in [-0.3, -0.25) is 4.79 Å². The third kappa shape index (κ3) is 4.29. The van der Waals surface area contributed by atoms with E-state index in [1.165, 1.54) is 12.1 Å². The molecule has 0 heterocycles. The molecule has 2 aromatic carbocycles. The zero-order valence-electron chi connectivity index (χ0n) is 12.0. The lowest BCUT2D eigenvalue weighted by Crippen LogP contribution is -2.20. The van der Waals surface area contributed by atoms with Gasteiger partial charge in [0, 0.05) is 11.8 Å². The van der Waals surface area contributed by atoms with Crippen LogP contribution in [0.3, 0.4) is 0 Å². The highest BCUT2D eigenvalue weighted by Crippen LogP contribution is 2.33. The number of nitrogens with one attached hydrogen (secondary N) is 1. The molecule has 22 heavy (non-hydrogen) atoms. The maximum Gasteiger partial charge on any atom is 0.262 e. The molecule has 0 saturated carbocycles. The Hall–Kier alpha value is -1.42. The van der Waals surface area contributed by atoms with E-state index in [-0.39, 0.29) is 12.5 Å². The largest absolute Gasteiger partial charge is 0.482 e. The van der Waals surface area contributed by atoms with Crippen molar-refractivity contribution in [1.82, 2.24) is 0 Å². The summed E-state index contributed by atoms with van der Waals surface area (Å²) in [4.78, 5) is 12.0. The summed E-state index contributed by atoms with van der Waals surface area (Å²) >= 11 is 17.7. The van der Waals surface area contributed by atoms with Crippen LogP contribution in [0.25, 0.3) is 0 Å². The van der Waals surface area contributed by atoms with Gasteiger partial charge in [-0.1, -0.05) is 46.9 Å². The van der Waals surface area contributed by atoms with Crippen LogP contribution >= 0.6 is 34.8 Å². The minimum atomic E-state index is -0.282. The molecule has 116 valence electrons. The molecule has 1 N–H and O–H groups in total. The number of amides is 1. The molecule has 3 nitrogen and oxygen atoms in total. The first kappa shape index (κ1) is 16.9. The lowest BCUT2D eigenvalue weighted by molar-refractivity contribution is -0.118. The number of anilines is 1. The van der Waals surface area contributed by atoms with E-state index in [4.69, 9.17) is 39.5 Å². The monoisotopic (exact) mass is 357 g/mol. The lowest BCUT2D eigenvalue weighted by Gasteiger charge is -2.11. The van der Waals surface area contributed by atoms with Crippen molar-refractivity contribution in [3.63, 3.8) is 0 Å². The van der Waals surface area contributed by atoms with Crippen molar-refractivity contribution in [2.24, 2.45) is 0 Å². The number of ether oxygens (including phenoxy) is 1. The summed E-state index contributed by atoms with van der Waals surface area (Å²) in [5.41, 5.74) is 2.80. The summed E-state index contributed by atoms with van der Waals surface area (Å²) in [6.07, 6.45) is 0. The fourth-order valence-electron chi connectivity index (χ4n) is 1.82. The van der Waals surface area contributed by atoms with Crippen molar-refractivity contribution < 1.29 is 9.53 Å². The van der Waals surface area contributed by atoms with Crippen LogP contribution in [-0.2, 0) is 4.79 Å². The maximum absolute atomic E-state index is 12.0. The molecule has 0 unspecified atom stereocenters. The highest BCUT2D eigenvalue weighted by molar-refractivity contribution is 6.43. The first-order valence-electron chi connectivity index (χ1n) is 6.51. The second-order valence-corrected chi connectivity index (χ2v) is 6.07. The molecule has 2 rings (SSSR count). The predicted molar refractivity (Wildman–Crippen MR) is 91.5 cm³/mol. The standard InChI is InChI=1S/C16H14Cl3NO2/c1-9-3-4-10(2)14(5-9)20-16(21)8-22-15-7-12(18)11(17)6-13(15)19/h3-7H,8H2,1-2H3,(H,20,21). The summed E-state index contributed by atoms with van der Waals surface area (Å²) in [5.74, 6) is 0.0306. The van der Waals surface area contributed by atoms with E-state index in [0.29, 0.717) is 20.8 Å². The molecule has 0 aliphatic heterocycles. The minimum Gasteiger partial charge on any atom is -0.482 e. The fraction of sp³-hybridized carbons (Fsp3) is 0.188. The number of hydrogen-bond acceptors (Lipinski definition) is 2. The van der Waals surface area contributed by atoms with Gasteiger partial charge in [-0.05, 0) is 37.1 Å². The zero-order chi connectivity index (χ0) is 16.3. The van der Waals surface area contributed by atoms with E-state index in [9.17, 15) is 4.79 Å². The van der Waals surface area contributed by atoms with Gasteiger partial charge in [0.15, 0.2) is 6.61 Å². The van der Waals surface area contributed by atoms with E-state index < -0.39 is 0 Å². The Morgan fingerprint density at radius 2 is 1.73 bits per heavy atom. The molecule has 0 bridgehead atoms. The second-order valence-electron chi connectivity index (χ2n) is 4.85. The third-order valence-corrected chi connectivity index (χ3v) is 4.02. The molecule has 2 aromatic rings. The Morgan fingerprint density at radius 3 is 2.45 bits per heavy atom. The van der Waals surface area contributed by atoms with Crippen LogP contribution in [0.1, 0.15) is 11.1 Å². The van der Waals surface area contributed by atoms with Crippen LogP contribution in [0.15, 0.2) is 30.3 Å². The summed E-state index contributed by atoms with van der Waals surface area (Å²) < 4.78 is 5.39. The summed E-state index contributed by atoms with van der Waals surface area (Å²) in [7, 11) is 0. The van der Waals surface area contributed by atoms with Crippen molar-refractivity contribution in [2.75, 3.05) is 11.9 Å². The SMILES string of the molecule is Cc1ccc(C)c(NC(=O)COc2cc(Cl)c(Cl)cc2Cl)c1. The highest BCUT2D eigenvalue weighted by atomic mass is 35.5. The zero-order valence-corrected chi connectivity index (χ0v) is 14.3. The molecule has 0 aromatic heterocycles. The highest BCUT2D eigenvalue weighted by Gasteiger charge is 2.10. The van der Waals surface area contributed by atoms with Crippen LogP contribution in [0.5, 0.6) is 5.75 Å². The summed E-state index contributed by atoms with van der Waals surface area (Å²) in [6.45, 7) is 3.71. The van der Waals surface area contributed by atoms with Gasteiger partial charge in [0.1, 0.15) is 5.75 Å². The fourth-order valence-corrected chi connectivity index (χ4v) is 2.41. The molecule has 0 fully saturated rings. The van der Waals surface area contributed by atoms with Gasteiger partial charge in [0.2, 0.25) is 0 Å². The van der Waals surface area contributed by atoms with Crippen LogP contribution in [-0.4, -0.2) is 12.5 Å². The van der Waals surface area contributed by atoms with Gasteiger partial charge in [-0.15, -0.1) is 0 Å². The van der Waals surface area contributed by atoms with Crippen molar-refractivity contribution >= 4 is 46.4 Å². The van der Waals surface area contributed by atoms with E-state index in [1.54, 1.807) is 0 Å². The van der Waals surface area contributed by atoms with Crippen LogP contribution < -0.4 is 10.1 Å². The average Bonchev–Trinajstić information content (AvgIpc) is 2.45. The Bertz CT molecular complexity index is 717. The first-order chi connectivity index (χ1) is 10.4. The molecular formula is C16H14Cl3NO2. The Labute approximate surface area is 144 Å². The summed E-state index contributed by atoms with van der Waals surface area (Å²) in [6, 6.07) is 8.79. The molecule has 0 aliphatic rings. The summed E-state index contributed by atoms with van der Waals surface area (Å²) in [5, 5.41) is 3.75. The number of rotatable bonds is 4. The molecular weight excluding hydrogens is 345 g/mol. The predicted octanol–water partition coefficient (Wildman–Crippen LogP) is 5.28. The Kier molecular flexibility index (Phi) is 5.57. The van der Waals surface area contributed by atoms with Crippen molar-refractivity contribution in [3.8, 4) is 5.75 Å². The molecule has 1 amide bonds. The Balaban J connectivity index is 2.01. The molecule has 0 radical (unpaired) electrons. The van der Waals surface area contributed by atoms with Crippen molar-refractivity contribution in [3.05, 3.63) is 56.5 Å². The average molecular weight is 359 g/mol. The quantitative estimate of drug-likeness (QED) is 0.755. The van der Waals surface area contributed by atoms with Crippen molar-refractivity contribution in [1.29, 1.82) is 0 Å². The molecule has 0 atom stereocenters. The van der Waals surface area contributed by atoms with E-state index in [0.717, 1.165) is 16.8 Å². The molecule has 6 heteroatoms. The van der Waals surface area contributed by atoms with Gasteiger partial charge in [0.05, 0.1) is 15.1 Å². The van der Waals surface area contributed by atoms with Crippen LogP contribution in [0.2, 0.25) is 15.1 Å². The van der Waals surface area contributed by atoms with Gasteiger partial charge in [-0.2, -0.15) is 0 Å². The van der Waals surface area contributed by atoms with Crippen LogP contribution in [0.4, 0.5) is 5.69 Å². The number of carbonyl (C=O) groups excluding carboxylic acids is 1. The number of aryl methyl sites for hydroxylation is 2. The second kappa shape index (κ2) is 7.23. The van der Waals surface area contributed by atoms with Gasteiger partial charge >= 0.3 is 0 Å². The third-order valence-electron chi connectivity index (χ3n) is 3.00. The number of halogens is 3. The molecule has 0 saturated heterocycles. The maximum atomic E-state index is 12.0. The topological polar surface area (TPSA) is 38.3 Å². The lowest BCUT2D eigenvalue weighted by atomic mass is 10.1. The molecule has 0 aliphatic carbocycles. The van der Waals surface area contributed by atoms with Crippen LogP contribution in [0, 0.1) is 13.8 Å². The van der Waals surface area contributed by atoms with Gasteiger partial charge in [-0.25, -0.2) is 0 Å². The first-order valence-corrected chi connectivity index (χ1v) is 7.64. The van der Waals surface area contributed by atoms with Gasteiger partial charge in [0.25, 0.3) is 5.91 Å². The number of hydrogen-bond donors (Lipinski definition) is 1.